The van der Waals surface area contributed by atoms with Crippen molar-refractivity contribution in [3.05, 3.63) is 71.6 Å². The van der Waals surface area contributed by atoms with Crippen LogP contribution in [-0.4, -0.2) is 43.2 Å². The van der Waals surface area contributed by atoms with Gasteiger partial charge in [0.1, 0.15) is 11.8 Å². The third-order valence-electron chi connectivity index (χ3n) is 6.66. The van der Waals surface area contributed by atoms with Crippen molar-refractivity contribution >= 4 is 21.8 Å². The molecule has 2 aromatic rings. The number of hydrogen-bond donors (Lipinski definition) is 3. The van der Waals surface area contributed by atoms with Crippen molar-refractivity contribution in [2.24, 2.45) is 0 Å². The van der Waals surface area contributed by atoms with E-state index in [0.29, 0.717) is 19.1 Å². The fraction of sp³-hybridized carbons (Fsp3) is 0.385. The van der Waals surface area contributed by atoms with Gasteiger partial charge in [0, 0.05) is 37.0 Å². The van der Waals surface area contributed by atoms with Crippen molar-refractivity contribution in [2.75, 3.05) is 6.61 Å². The summed E-state index contributed by atoms with van der Waals surface area (Å²) >= 11 is 0. The van der Waals surface area contributed by atoms with Gasteiger partial charge in [0.15, 0.2) is 0 Å². The average Bonchev–Trinajstić information content (AvgIpc) is 3.69. The topological polar surface area (TPSA) is 117 Å². The Hall–Kier alpha value is -3.37. The SMILES string of the molecule is Cc1ccc(S(=O)(=O)N2C=CNC(=O)[C@H]2CC(=O)N[C@@H]2CCOc3cc(CNC4CC4)ccc32)cc1. The summed E-state index contributed by atoms with van der Waals surface area (Å²) in [5.74, 6) is -0.223. The van der Waals surface area contributed by atoms with Crippen LogP contribution in [0.3, 0.4) is 0 Å². The zero-order chi connectivity index (χ0) is 25.3. The lowest BCUT2D eigenvalue weighted by Gasteiger charge is -2.32. The van der Waals surface area contributed by atoms with Crippen LogP contribution in [0.25, 0.3) is 0 Å². The van der Waals surface area contributed by atoms with E-state index in [1.54, 1.807) is 12.1 Å². The molecule has 3 N–H and O–H groups in total. The molecule has 0 radical (unpaired) electrons. The molecular formula is C26H30N4O5S. The Morgan fingerprint density at radius 1 is 1.14 bits per heavy atom. The summed E-state index contributed by atoms with van der Waals surface area (Å²) in [7, 11) is -4.02. The highest BCUT2D eigenvalue weighted by molar-refractivity contribution is 7.89. The van der Waals surface area contributed by atoms with Crippen LogP contribution < -0.4 is 20.7 Å². The van der Waals surface area contributed by atoms with Gasteiger partial charge in [0.05, 0.1) is 24.0 Å². The number of benzene rings is 2. The first-order chi connectivity index (χ1) is 17.3. The van der Waals surface area contributed by atoms with Gasteiger partial charge in [-0.3, -0.25) is 13.9 Å². The number of sulfonamides is 1. The maximum absolute atomic E-state index is 13.3. The van der Waals surface area contributed by atoms with Crippen LogP contribution in [0.4, 0.5) is 0 Å². The molecule has 9 nitrogen and oxygen atoms in total. The molecule has 1 aliphatic carbocycles. The van der Waals surface area contributed by atoms with E-state index >= 15 is 0 Å². The molecule has 2 aromatic carbocycles. The fourth-order valence-corrected chi connectivity index (χ4v) is 5.89. The Balaban J connectivity index is 1.29. The molecule has 0 bridgehead atoms. The zero-order valence-electron chi connectivity index (χ0n) is 20.1. The zero-order valence-corrected chi connectivity index (χ0v) is 20.9. The number of amides is 2. The summed E-state index contributed by atoms with van der Waals surface area (Å²) in [4.78, 5) is 25.8. The smallest absolute Gasteiger partial charge is 0.264 e. The predicted octanol–water partition coefficient (Wildman–Crippen LogP) is 2.24. The second-order valence-electron chi connectivity index (χ2n) is 9.48. The van der Waals surface area contributed by atoms with E-state index in [-0.39, 0.29) is 17.4 Å². The Morgan fingerprint density at radius 2 is 1.92 bits per heavy atom. The molecule has 1 fully saturated rings. The van der Waals surface area contributed by atoms with Gasteiger partial charge >= 0.3 is 0 Å². The highest BCUT2D eigenvalue weighted by atomic mass is 32.2. The Labute approximate surface area is 210 Å². The number of rotatable bonds is 8. The minimum absolute atomic E-state index is 0.0585. The van der Waals surface area contributed by atoms with Gasteiger partial charge in [0.2, 0.25) is 11.8 Å². The Bertz CT molecular complexity index is 1290. The number of ether oxygens (including phenoxy) is 1. The van der Waals surface area contributed by atoms with E-state index in [0.717, 1.165) is 33.3 Å². The highest BCUT2D eigenvalue weighted by Gasteiger charge is 2.37. The minimum Gasteiger partial charge on any atom is -0.493 e. The molecular weight excluding hydrogens is 480 g/mol. The largest absolute Gasteiger partial charge is 0.493 e. The molecule has 36 heavy (non-hydrogen) atoms. The summed E-state index contributed by atoms with van der Waals surface area (Å²) in [5.41, 5.74) is 2.91. The monoisotopic (exact) mass is 510 g/mol. The van der Waals surface area contributed by atoms with E-state index in [1.807, 2.05) is 25.1 Å². The van der Waals surface area contributed by atoms with Gasteiger partial charge in [-0.15, -0.1) is 0 Å². The number of carbonyl (C=O) groups excluding carboxylic acids is 2. The van der Waals surface area contributed by atoms with Crippen molar-refractivity contribution in [1.82, 2.24) is 20.3 Å². The molecule has 0 aromatic heterocycles. The van der Waals surface area contributed by atoms with Crippen molar-refractivity contribution in [3.63, 3.8) is 0 Å². The van der Waals surface area contributed by atoms with E-state index < -0.39 is 27.9 Å². The first kappa shape index (κ1) is 24.3. The van der Waals surface area contributed by atoms with Gasteiger partial charge in [0.25, 0.3) is 10.0 Å². The highest BCUT2D eigenvalue weighted by Crippen LogP contribution is 2.33. The van der Waals surface area contributed by atoms with E-state index in [9.17, 15) is 18.0 Å². The van der Waals surface area contributed by atoms with Crippen LogP contribution in [0.2, 0.25) is 0 Å². The first-order valence-corrected chi connectivity index (χ1v) is 13.6. The third kappa shape index (κ3) is 5.24. The number of fused-ring (bicyclic) bond motifs is 1. The summed E-state index contributed by atoms with van der Waals surface area (Å²) in [5, 5.41) is 8.98. The van der Waals surface area contributed by atoms with E-state index in [2.05, 4.69) is 16.0 Å². The molecule has 5 rings (SSSR count). The fourth-order valence-electron chi connectivity index (χ4n) is 4.44. The van der Waals surface area contributed by atoms with Crippen molar-refractivity contribution < 1.29 is 22.7 Å². The minimum atomic E-state index is -4.02. The molecule has 0 unspecified atom stereocenters. The second-order valence-corrected chi connectivity index (χ2v) is 11.3. The second kappa shape index (κ2) is 9.94. The van der Waals surface area contributed by atoms with Crippen molar-refractivity contribution in [2.45, 2.75) is 62.2 Å². The van der Waals surface area contributed by atoms with Crippen LogP contribution >= 0.6 is 0 Å². The van der Waals surface area contributed by atoms with Crippen molar-refractivity contribution in [1.29, 1.82) is 0 Å². The van der Waals surface area contributed by atoms with Crippen LogP contribution in [0.1, 0.15) is 48.4 Å². The van der Waals surface area contributed by atoms with Gasteiger partial charge in [-0.05, 0) is 43.5 Å². The Morgan fingerprint density at radius 3 is 2.67 bits per heavy atom. The van der Waals surface area contributed by atoms with Crippen LogP contribution in [0.15, 0.2) is 59.8 Å². The van der Waals surface area contributed by atoms with Gasteiger partial charge in [-0.1, -0.05) is 29.8 Å². The number of carbonyl (C=O) groups is 2. The third-order valence-corrected chi connectivity index (χ3v) is 8.46. The average molecular weight is 511 g/mol. The lowest BCUT2D eigenvalue weighted by atomic mass is 9.98. The molecule has 3 aliphatic rings. The number of nitrogens with one attached hydrogen (secondary N) is 3. The Kier molecular flexibility index (Phi) is 6.72. The van der Waals surface area contributed by atoms with E-state index in [4.69, 9.17) is 4.74 Å². The maximum Gasteiger partial charge on any atom is 0.264 e. The molecule has 10 heteroatoms. The molecule has 2 heterocycles. The number of aryl methyl sites for hydroxylation is 1. The van der Waals surface area contributed by atoms with Gasteiger partial charge in [-0.2, -0.15) is 0 Å². The molecule has 2 aliphatic heterocycles. The lowest BCUT2D eigenvalue weighted by molar-refractivity contribution is -0.129. The van der Waals surface area contributed by atoms with E-state index in [1.165, 1.54) is 37.4 Å². The molecule has 0 spiro atoms. The molecule has 0 saturated heterocycles. The summed E-state index contributed by atoms with van der Waals surface area (Å²) in [6.45, 7) is 3.09. The van der Waals surface area contributed by atoms with Crippen LogP contribution in [0.5, 0.6) is 5.75 Å². The number of nitrogens with zero attached hydrogens (tertiary/aromatic N) is 1. The standard InChI is InChI=1S/C26H30N4O5S/c1-17-2-7-20(8-3-17)36(33,34)30-12-11-27-26(32)23(30)15-25(31)29-22-10-13-35-24-14-18(4-9-21(22)24)16-28-19-5-6-19/h2-4,7-9,11-12,14,19,22-23,28H,5-6,10,13,15-16H2,1H3,(H,27,32)(H,29,31)/t22-,23-/m1/s1. The normalized spacial score (nSPS) is 21.4. The number of hydrogen-bond acceptors (Lipinski definition) is 6. The first-order valence-electron chi connectivity index (χ1n) is 12.2. The summed E-state index contributed by atoms with van der Waals surface area (Å²) in [6.07, 6.45) is 5.27. The predicted molar refractivity (Wildman–Crippen MR) is 133 cm³/mol. The van der Waals surface area contributed by atoms with Crippen LogP contribution in [-0.2, 0) is 26.2 Å². The van der Waals surface area contributed by atoms with Gasteiger partial charge in [-0.25, -0.2) is 8.42 Å². The molecule has 2 atom stereocenters. The molecule has 190 valence electrons. The van der Waals surface area contributed by atoms with Crippen LogP contribution in [0, 0.1) is 6.92 Å². The molecule has 2 amide bonds. The molecule has 1 saturated carbocycles. The quantitative estimate of drug-likeness (QED) is 0.502. The summed E-state index contributed by atoms with van der Waals surface area (Å²) in [6, 6.07) is 11.5. The maximum atomic E-state index is 13.3. The lowest BCUT2D eigenvalue weighted by Crippen LogP contribution is -2.51. The summed E-state index contributed by atoms with van der Waals surface area (Å²) < 4.78 is 33.3. The van der Waals surface area contributed by atoms with Gasteiger partial charge < -0.3 is 20.7 Å². The van der Waals surface area contributed by atoms with Crippen molar-refractivity contribution in [3.8, 4) is 5.75 Å².